The van der Waals surface area contributed by atoms with E-state index in [-0.39, 0.29) is 0 Å². The molecule has 1 fully saturated rings. The third kappa shape index (κ3) is 2.59. The summed E-state index contributed by atoms with van der Waals surface area (Å²) >= 11 is 3.65. The summed E-state index contributed by atoms with van der Waals surface area (Å²) in [5, 5.41) is 0. The Labute approximate surface area is 122 Å². The number of anilines is 1. The summed E-state index contributed by atoms with van der Waals surface area (Å²) in [5.41, 5.74) is 2.96. The van der Waals surface area contributed by atoms with E-state index in [1.165, 1.54) is 12.8 Å². The molecule has 0 N–H and O–H groups in total. The topological polar surface area (TPSA) is 29.0 Å². The lowest BCUT2D eigenvalue weighted by Gasteiger charge is -2.35. The molecule has 1 aliphatic carbocycles. The summed E-state index contributed by atoms with van der Waals surface area (Å²) in [5.74, 6) is 1.79. The fourth-order valence-corrected chi connectivity index (χ4v) is 3.78. The van der Waals surface area contributed by atoms with Crippen molar-refractivity contribution in [2.75, 3.05) is 18.5 Å². The second kappa shape index (κ2) is 5.08. The van der Waals surface area contributed by atoms with E-state index >= 15 is 0 Å². The molecule has 1 aromatic heterocycles. The molecule has 3 nitrogen and oxygen atoms in total. The monoisotopic (exact) mass is 319 g/mol. The molecule has 100 valence electrons. The van der Waals surface area contributed by atoms with Gasteiger partial charge in [-0.25, -0.2) is 9.97 Å². The van der Waals surface area contributed by atoms with E-state index in [1.807, 2.05) is 31.2 Å². The highest BCUT2D eigenvalue weighted by Gasteiger charge is 2.28. The highest BCUT2D eigenvalue weighted by Crippen LogP contribution is 2.34. The van der Waals surface area contributed by atoms with E-state index < -0.39 is 0 Å². The van der Waals surface area contributed by atoms with E-state index in [4.69, 9.17) is 4.98 Å². The summed E-state index contributed by atoms with van der Waals surface area (Å²) in [6.07, 6.45) is 2.54. The second-order valence-corrected chi connectivity index (χ2v) is 6.73. The van der Waals surface area contributed by atoms with Gasteiger partial charge in [0, 0.05) is 18.4 Å². The molecule has 0 unspecified atom stereocenters. The van der Waals surface area contributed by atoms with Crippen molar-refractivity contribution in [1.29, 1.82) is 0 Å². The van der Waals surface area contributed by atoms with Crippen LogP contribution in [0.15, 0.2) is 24.3 Å². The maximum Gasteiger partial charge on any atom is 0.150 e. The Morgan fingerprint density at radius 3 is 2.47 bits per heavy atom. The van der Waals surface area contributed by atoms with E-state index in [2.05, 4.69) is 32.9 Å². The van der Waals surface area contributed by atoms with Crippen LogP contribution < -0.4 is 4.90 Å². The van der Waals surface area contributed by atoms with Crippen molar-refractivity contribution in [2.45, 2.75) is 24.6 Å². The lowest BCUT2D eigenvalue weighted by atomic mass is 9.85. The Kier molecular flexibility index (Phi) is 3.44. The van der Waals surface area contributed by atoms with Crippen molar-refractivity contribution in [2.24, 2.45) is 5.92 Å². The summed E-state index contributed by atoms with van der Waals surface area (Å²) in [7, 11) is 2.12. The number of para-hydroxylation sites is 2. The highest BCUT2D eigenvalue weighted by molar-refractivity contribution is 9.09. The fraction of sp³-hybridized carbons (Fsp3) is 0.467. The minimum atomic E-state index is 0.717. The minimum absolute atomic E-state index is 0.717. The van der Waals surface area contributed by atoms with Crippen molar-refractivity contribution >= 4 is 32.8 Å². The lowest BCUT2D eigenvalue weighted by Crippen LogP contribution is -2.35. The van der Waals surface area contributed by atoms with Crippen molar-refractivity contribution in [3.05, 3.63) is 30.0 Å². The molecule has 19 heavy (non-hydrogen) atoms. The highest BCUT2D eigenvalue weighted by atomic mass is 79.9. The smallest absolute Gasteiger partial charge is 0.150 e. The van der Waals surface area contributed by atoms with Gasteiger partial charge in [-0.1, -0.05) is 28.1 Å². The average molecular weight is 320 g/mol. The van der Waals surface area contributed by atoms with Gasteiger partial charge in [0.05, 0.1) is 16.7 Å². The summed E-state index contributed by atoms with van der Waals surface area (Å²) in [4.78, 5) is 12.4. The molecule has 0 spiro atoms. The first-order valence-corrected chi connectivity index (χ1v) is 7.63. The number of hydrogen-bond acceptors (Lipinski definition) is 3. The zero-order chi connectivity index (χ0) is 13.4. The van der Waals surface area contributed by atoms with Crippen LogP contribution in [0.5, 0.6) is 0 Å². The number of rotatable bonds is 3. The van der Waals surface area contributed by atoms with Gasteiger partial charge < -0.3 is 4.90 Å². The second-order valence-electron chi connectivity index (χ2n) is 5.44. The van der Waals surface area contributed by atoms with Gasteiger partial charge >= 0.3 is 0 Å². The summed E-state index contributed by atoms with van der Waals surface area (Å²) < 4.78 is 0. The van der Waals surface area contributed by atoms with Crippen LogP contribution in [0.2, 0.25) is 0 Å². The van der Waals surface area contributed by atoms with E-state index in [0.29, 0.717) is 0 Å². The first kappa shape index (κ1) is 12.9. The van der Waals surface area contributed by atoms with Crippen LogP contribution in [-0.2, 0) is 0 Å². The lowest BCUT2D eigenvalue weighted by molar-refractivity contribution is 0.338. The number of aryl methyl sites for hydroxylation is 1. The Balaban J connectivity index is 1.84. The number of halogens is 1. The minimum Gasteiger partial charge on any atom is -0.358 e. The van der Waals surface area contributed by atoms with Crippen molar-refractivity contribution < 1.29 is 0 Å². The van der Waals surface area contributed by atoms with Gasteiger partial charge in [0.2, 0.25) is 0 Å². The average Bonchev–Trinajstić information content (AvgIpc) is 2.36. The van der Waals surface area contributed by atoms with Crippen LogP contribution in [0.3, 0.4) is 0 Å². The maximum atomic E-state index is 4.76. The van der Waals surface area contributed by atoms with Gasteiger partial charge in [-0.15, -0.1) is 0 Å². The zero-order valence-electron chi connectivity index (χ0n) is 11.3. The third-order valence-corrected chi connectivity index (χ3v) is 4.54. The molecule has 0 atom stereocenters. The van der Waals surface area contributed by atoms with Crippen LogP contribution >= 0.6 is 15.9 Å². The predicted octanol–water partition coefficient (Wildman–Crippen LogP) is 3.55. The Morgan fingerprint density at radius 2 is 1.84 bits per heavy atom. The molecule has 1 saturated carbocycles. The van der Waals surface area contributed by atoms with Crippen molar-refractivity contribution in [1.82, 2.24) is 9.97 Å². The standard InChI is InChI=1S/C15H18BrN3/c1-10-15(19(2)9-11-7-12(16)8-11)18-14-6-4-3-5-13(14)17-10/h3-6,11-12H,7-9H2,1-2H3. The number of aromatic nitrogens is 2. The Bertz CT molecular complexity index is 593. The predicted molar refractivity (Wildman–Crippen MR) is 83.0 cm³/mol. The molecule has 3 rings (SSSR count). The Morgan fingerprint density at radius 1 is 1.21 bits per heavy atom. The quantitative estimate of drug-likeness (QED) is 0.810. The van der Waals surface area contributed by atoms with Gasteiger partial charge in [0.1, 0.15) is 0 Å². The van der Waals surface area contributed by atoms with Gasteiger partial charge in [0.15, 0.2) is 5.82 Å². The van der Waals surface area contributed by atoms with E-state index in [0.717, 1.165) is 39.8 Å². The number of fused-ring (bicyclic) bond motifs is 1. The summed E-state index contributed by atoms with van der Waals surface area (Å²) in [6, 6.07) is 8.05. The molecule has 0 saturated heterocycles. The molecule has 0 bridgehead atoms. The van der Waals surface area contributed by atoms with Gasteiger partial charge in [-0.3, -0.25) is 0 Å². The molecule has 0 amide bonds. The number of benzene rings is 1. The van der Waals surface area contributed by atoms with E-state index in [9.17, 15) is 0 Å². The molecule has 1 heterocycles. The molecule has 4 heteroatoms. The van der Waals surface area contributed by atoms with Crippen LogP contribution in [0, 0.1) is 12.8 Å². The van der Waals surface area contributed by atoms with Gasteiger partial charge in [-0.2, -0.15) is 0 Å². The van der Waals surface area contributed by atoms with E-state index in [1.54, 1.807) is 0 Å². The SMILES string of the molecule is Cc1nc2ccccc2nc1N(C)CC1CC(Br)C1. The third-order valence-electron chi connectivity index (χ3n) is 3.79. The number of alkyl halides is 1. The van der Waals surface area contributed by atoms with Crippen molar-refractivity contribution in [3.63, 3.8) is 0 Å². The molecular formula is C15H18BrN3. The van der Waals surface area contributed by atoms with Crippen LogP contribution in [0.25, 0.3) is 11.0 Å². The van der Waals surface area contributed by atoms with Gasteiger partial charge in [-0.05, 0) is 37.8 Å². The zero-order valence-corrected chi connectivity index (χ0v) is 12.9. The molecular weight excluding hydrogens is 302 g/mol. The molecule has 0 radical (unpaired) electrons. The van der Waals surface area contributed by atoms with Crippen LogP contribution in [0.4, 0.5) is 5.82 Å². The first-order chi connectivity index (χ1) is 9.13. The molecule has 2 aromatic rings. The largest absolute Gasteiger partial charge is 0.358 e. The maximum absolute atomic E-state index is 4.76. The Hall–Kier alpha value is -1.16. The van der Waals surface area contributed by atoms with Crippen molar-refractivity contribution in [3.8, 4) is 0 Å². The molecule has 1 aromatic carbocycles. The molecule has 0 aliphatic heterocycles. The first-order valence-electron chi connectivity index (χ1n) is 6.72. The molecule has 1 aliphatic rings. The van der Waals surface area contributed by atoms with Crippen LogP contribution in [-0.4, -0.2) is 28.4 Å². The number of hydrogen-bond donors (Lipinski definition) is 0. The number of nitrogens with zero attached hydrogens (tertiary/aromatic N) is 3. The van der Waals surface area contributed by atoms with Gasteiger partial charge in [0.25, 0.3) is 0 Å². The summed E-state index contributed by atoms with van der Waals surface area (Å²) in [6.45, 7) is 3.11. The normalized spacial score (nSPS) is 22.3. The van der Waals surface area contributed by atoms with Crippen LogP contribution in [0.1, 0.15) is 18.5 Å². The fourth-order valence-electron chi connectivity index (χ4n) is 2.72.